The first-order chi connectivity index (χ1) is 13.5. The zero-order valence-electron chi connectivity index (χ0n) is 15.9. The molecule has 0 aromatic carbocycles. The lowest BCUT2D eigenvalue weighted by molar-refractivity contribution is -0.0361. The van der Waals surface area contributed by atoms with Crippen molar-refractivity contribution in [1.82, 2.24) is 19.7 Å². The Bertz CT molecular complexity index is 837. The van der Waals surface area contributed by atoms with Crippen molar-refractivity contribution in [2.24, 2.45) is 0 Å². The molecule has 0 unspecified atom stereocenters. The zero-order valence-corrected chi connectivity index (χ0v) is 15.9. The normalized spacial score (nSPS) is 19.8. The third kappa shape index (κ3) is 4.66. The molecule has 2 aliphatic rings. The average molecular weight is 389 g/mol. The van der Waals surface area contributed by atoms with E-state index in [1.807, 2.05) is 19.2 Å². The molecular formula is C20H25F2N5O. The Morgan fingerprint density at radius 3 is 2.75 bits per heavy atom. The molecule has 1 N–H and O–H groups in total. The van der Waals surface area contributed by atoms with Gasteiger partial charge in [0.25, 0.3) is 5.95 Å². The van der Waals surface area contributed by atoms with E-state index in [4.69, 9.17) is 4.74 Å². The van der Waals surface area contributed by atoms with Gasteiger partial charge in [0.2, 0.25) is 5.92 Å². The molecule has 0 atom stereocenters. The molecule has 0 saturated heterocycles. The molecular weight excluding hydrogens is 364 g/mol. The lowest BCUT2D eigenvalue weighted by Crippen LogP contribution is -2.32. The van der Waals surface area contributed by atoms with Gasteiger partial charge in [-0.3, -0.25) is 0 Å². The molecule has 0 aliphatic heterocycles. The third-order valence-electron chi connectivity index (χ3n) is 5.12. The van der Waals surface area contributed by atoms with Crippen molar-refractivity contribution in [3.63, 3.8) is 0 Å². The SMILES string of the molecule is CCOC=Cc1cc(NC2CCC(F)(F)CC2)nc(-n2ccc(C3CC3)n2)n1. The van der Waals surface area contributed by atoms with E-state index in [1.54, 1.807) is 23.1 Å². The van der Waals surface area contributed by atoms with Crippen molar-refractivity contribution < 1.29 is 13.5 Å². The van der Waals surface area contributed by atoms with Gasteiger partial charge in [-0.25, -0.2) is 18.4 Å². The summed E-state index contributed by atoms with van der Waals surface area (Å²) < 4.78 is 33.8. The number of hydrogen-bond acceptors (Lipinski definition) is 5. The minimum absolute atomic E-state index is 0.0225. The van der Waals surface area contributed by atoms with Crippen LogP contribution in [-0.4, -0.2) is 38.3 Å². The van der Waals surface area contributed by atoms with Gasteiger partial charge in [0.15, 0.2) is 0 Å². The van der Waals surface area contributed by atoms with Gasteiger partial charge in [-0.1, -0.05) is 0 Å². The van der Waals surface area contributed by atoms with Crippen molar-refractivity contribution in [2.75, 3.05) is 11.9 Å². The summed E-state index contributed by atoms with van der Waals surface area (Å²) in [5.41, 5.74) is 1.73. The lowest BCUT2D eigenvalue weighted by atomic mass is 9.92. The first kappa shape index (κ1) is 18.8. The van der Waals surface area contributed by atoms with Gasteiger partial charge in [0, 0.05) is 37.1 Å². The summed E-state index contributed by atoms with van der Waals surface area (Å²) in [5, 5.41) is 7.90. The van der Waals surface area contributed by atoms with E-state index in [0.29, 0.717) is 42.8 Å². The van der Waals surface area contributed by atoms with Gasteiger partial charge in [0.05, 0.1) is 24.3 Å². The second-order valence-electron chi connectivity index (χ2n) is 7.47. The maximum atomic E-state index is 13.4. The van der Waals surface area contributed by atoms with Gasteiger partial charge >= 0.3 is 0 Å². The fraction of sp³-hybridized carbons (Fsp3) is 0.550. The van der Waals surface area contributed by atoms with Crippen LogP contribution in [0.5, 0.6) is 0 Å². The predicted molar refractivity (Wildman–Crippen MR) is 103 cm³/mol. The molecule has 0 bridgehead atoms. The molecule has 0 amide bonds. The highest BCUT2D eigenvalue weighted by molar-refractivity contribution is 5.51. The van der Waals surface area contributed by atoms with E-state index in [9.17, 15) is 8.78 Å². The topological polar surface area (TPSA) is 64.9 Å². The number of nitrogens with zero attached hydrogens (tertiary/aromatic N) is 4. The van der Waals surface area contributed by atoms with Crippen molar-refractivity contribution in [2.45, 2.75) is 63.3 Å². The summed E-state index contributed by atoms with van der Waals surface area (Å²) in [6.07, 6.45) is 8.23. The Hall–Kier alpha value is -2.51. The van der Waals surface area contributed by atoms with Gasteiger partial charge in [0.1, 0.15) is 5.82 Å². The van der Waals surface area contributed by atoms with Crippen LogP contribution in [0.1, 0.15) is 62.8 Å². The highest BCUT2D eigenvalue weighted by atomic mass is 19.3. The highest BCUT2D eigenvalue weighted by Gasteiger charge is 2.35. The maximum absolute atomic E-state index is 13.4. The number of rotatable bonds is 7. The molecule has 0 radical (unpaired) electrons. The summed E-state index contributed by atoms with van der Waals surface area (Å²) >= 11 is 0. The highest BCUT2D eigenvalue weighted by Crippen LogP contribution is 2.39. The molecule has 6 nitrogen and oxygen atoms in total. The Labute approximate surface area is 163 Å². The summed E-state index contributed by atoms with van der Waals surface area (Å²) in [6.45, 7) is 2.48. The van der Waals surface area contributed by atoms with Crippen LogP contribution in [0.4, 0.5) is 14.6 Å². The number of alkyl halides is 2. The molecule has 8 heteroatoms. The number of anilines is 1. The van der Waals surface area contributed by atoms with E-state index in [0.717, 1.165) is 5.69 Å². The number of hydrogen-bond donors (Lipinski definition) is 1. The number of aromatic nitrogens is 4. The molecule has 0 spiro atoms. The summed E-state index contributed by atoms with van der Waals surface area (Å²) in [4.78, 5) is 9.12. The van der Waals surface area contributed by atoms with E-state index in [2.05, 4.69) is 20.4 Å². The predicted octanol–water partition coefficient (Wildman–Crippen LogP) is 4.54. The molecule has 2 aliphatic carbocycles. The Morgan fingerprint density at radius 2 is 2.04 bits per heavy atom. The minimum atomic E-state index is -2.55. The molecule has 2 heterocycles. The van der Waals surface area contributed by atoms with Crippen molar-refractivity contribution in [3.05, 3.63) is 36.0 Å². The quantitative estimate of drug-likeness (QED) is 0.705. The minimum Gasteiger partial charge on any atom is -0.501 e. The Kier molecular flexibility index (Phi) is 5.28. The van der Waals surface area contributed by atoms with E-state index >= 15 is 0 Å². The van der Waals surface area contributed by atoms with Gasteiger partial charge < -0.3 is 10.1 Å². The number of ether oxygens (including phenoxy) is 1. The zero-order chi connectivity index (χ0) is 19.6. The Morgan fingerprint density at radius 1 is 1.25 bits per heavy atom. The fourth-order valence-corrected chi connectivity index (χ4v) is 3.37. The van der Waals surface area contributed by atoms with Gasteiger partial charge in [-0.05, 0) is 44.7 Å². The van der Waals surface area contributed by atoms with E-state index in [-0.39, 0.29) is 18.9 Å². The third-order valence-corrected chi connectivity index (χ3v) is 5.12. The lowest BCUT2D eigenvalue weighted by Gasteiger charge is -2.29. The summed E-state index contributed by atoms with van der Waals surface area (Å²) in [6, 6.07) is 3.78. The van der Waals surface area contributed by atoms with Gasteiger partial charge in [-0.15, -0.1) is 0 Å². The van der Waals surface area contributed by atoms with Crippen molar-refractivity contribution in [3.8, 4) is 5.95 Å². The van der Waals surface area contributed by atoms with Crippen LogP contribution in [0.25, 0.3) is 12.0 Å². The average Bonchev–Trinajstić information content (AvgIpc) is 3.40. The molecule has 2 saturated carbocycles. The largest absolute Gasteiger partial charge is 0.501 e. The maximum Gasteiger partial charge on any atom is 0.253 e. The van der Waals surface area contributed by atoms with Gasteiger partial charge in [-0.2, -0.15) is 10.1 Å². The van der Waals surface area contributed by atoms with Crippen LogP contribution in [0.15, 0.2) is 24.6 Å². The molecule has 2 fully saturated rings. The standard InChI is InChI=1S/C20H25F2N5O/c1-2-28-12-8-16-13-18(23-15-5-9-20(21,22)10-6-15)25-19(24-16)27-11-7-17(26-27)14-3-4-14/h7-8,11-15H,2-6,9-10H2,1H3,(H,23,24,25). The second kappa shape index (κ2) is 7.85. The first-order valence-electron chi connectivity index (χ1n) is 9.90. The Balaban J connectivity index is 1.56. The van der Waals surface area contributed by atoms with Crippen LogP contribution in [-0.2, 0) is 4.74 Å². The number of halogens is 2. The molecule has 2 aromatic rings. The molecule has 150 valence electrons. The second-order valence-corrected chi connectivity index (χ2v) is 7.47. The molecule has 4 rings (SSSR count). The first-order valence-corrected chi connectivity index (χ1v) is 9.90. The molecule has 28 heavy (non-hydrogen) atoms. The number of nitrogens with one attached hydrogen (secondary N) is 1. The van der Waals surface area contributed by atoms with Crippen LogP contribution in [0.2, 0.25) is 0 Å². The van der Waals surface area contributed by atoms with Crippen molar-refractivity contribution in [1.29, 1.82) is 0 Å². The van der Waals surface area contributed by atoms with E-state index in [1.165, 1.54) is 12.8 Å². The smallest absolute Gasteiger partial charge is 0.253 e. The van der Waals surface area contributed by atoms with Crippen LogP contribution >= 0.6 is 0 Å². The summed E-state index contributed by atoms with van der Waals surface area (Å²) in [5.74, 6) is -0.938. The van der Waals surface area contributed by atoms with Crippen molar-refractivity contribution >= 4 is 11.9 Å². The van der Waals surface area contributed by atoms with Crippen LogP contribution < -0.4 is 5.32 Å². The summed E-state index contributed by atoms with van der Waals surface area (Å²) in [7, 11) is 0. The fourth-order valence-electron chi connectivity index (χ4n) is 3.37. The monoisotopic (exact) mass is 389 g/mol. The van der Waals surface area contributed by atoms with E-state index < -0.39 is 5.92 Å². The molecule has 2 aromatic heterocycles. The van der Waals surface area contributed by atoms with Crippen LogP contribution in [0, 0.1) is 0 Å². The van der Waals surface area contributed by atoms with Crippen LogP contribution in [0.3, 0.4) is 0 Å².